The first-order valence-corrected chi connectivity index (χ1v) is 8.88. The van der Waals surface area contributed by atoms with Crippen LogP contribution in [-0.4, -0.2) is 43.6 Å². The van der Waals surface area contributed by atoms with Gasteiger partial charge in [0.1, 0.15) is 18.8 Å². The molecule has 1 aromatic heterocycles. The van der Waals surface area contributed by atoms with E-state index in [4.69, 9.17) is 16.3 Å². The van der Waals surface area contributed by atoms with Crippen LogP contribution in [0.4, 0.5) is 5.82 Å². The monoisotopic (exact) mass is 410 g/mol. The second-order valence-corrected chi connectivity index (χ2v) is 6.80. The highest BCUT2D eigenvalue weighted by atomic mass is 79.9. The SMILES string of the molecule is O=C(COc1ccc(Br)cc1Cl)N1CCN(c2cccc[nH+]2)CC1. The van der Waals surface area contributed by atoms with Crippen molar-refractivity contribution in [3.05, 3.63) is 52.1 Å². The van der Waals surface area contributed by atoms with Crippen molar-refractivity contribution in [1.29, 1.82) is 0 Å². The molecule has 1 N–H and O–H groups in total. The Kier molecular flexibility index (Phi) is 5.58. The number of aromatic amines is 1. The van der Waals surface area contributed by atoms with Crippen LogP contribution in [0, 0.1) is 0 Å². The number of hydrogen-bond acceptors (Lipinski definition) is 3. The zero-order valence-electron chi connectivity index (χ0n) is 13.0. The predicted octanol–water partition coefficient (Wildman–Crippen LogP) is 2.64. The number of nitrogens with one attached hydrogen (secondary N) is 1. The van der Waals surface area contributed by atoms with Gasteiger partial charge in [-0.15, -0.1) is 0 Å². The maximum absolute atomic E-state index is 12.3. The van der Waals surface area contributed by atoms with Crippen LogP contribution in [0.2, 0.25) is 5.02 Å². The summed E-state index contributed by atoms with van der Waals surface area (Å²) in [5.41, 5.74) is 0. The fraction of sp³-hybridized carbons (Fsp3) is 0.294. The van der Waals surface area contributed by atoms with Crippen LogP contribution in [0.5, 0.6) is 5.75 Å². The Balaban J connectivity index is 1.50. The maximum atomic E-state index is 12.3. The van der Waals surface area contributed by atoms with Crippen molar-refractivity contribution in [3.63, 3.8) is 0 Å². The van der Waals surface area contributed by atoms with Gasteiger partial charge in [0.15, 0.2) is 6.61 Å². The third kappa shape index (κ3) is 4.19. The number of pyridine rings is 1. The van der Waals surface area contributed by atoms with Gasteiger partial charge in [0, 0.05) is 10.5 Å². The van der Waals surface area contributed by atoms with Gasteiger partial charge in [-0.2, -0.15) is 0 Å². The molecule has 1 aliphatic rings. The van der Waals surface area contributed by atoms with E-state index in [0.29, 0.717) is 23.9 Å². The summed E-state index contributed by atoms with van der Waals surface area (Å²) in [5, 5.41) is 0.488. The molecule has 1 saturated heterocycles. The number of piperazine rings is 1. The van der Waals surface area contributed by atoms with Gasteiger partial charge in [-0.25, -0.2) is 4.98 Å². The zero-order chi connectivity index (χ0) is 16.9. The van der Waals surface area contributed by atoms with Crippen LogP contribution >= 0.6 is 27.5 Å². The molecular weight excluding hydrogens is 394 g/mol. The molecule has 7 heteroatoms. The van der Waals surface area contributed by atoms with Gasteiger partial charge in [-0.05, 0) is 24.3 Å². The molecule has 0 radical (unpaired) electrons. The minimum Gasteiger partial charge on any atom is -0.482 e. The van der Waals surface area contributed by atoms with Crippen molar-refractivity contribution < 1.29 is 14.5 Å². The lowest BCUT2D eigenvalue weighted by Crippen LogP contribution is -2.51. The smallest absolute Gasteiger partial charge is 0.274 e. The van der Waals surface area contributed by atoms with Gasteiger partial charge in [0.25, 0.3) is 11.7 Å². The van der Waals surface area contributed by atoms with E-state index in [-0.39, 0.29) is 12.5 Å². The van der Waals surface area contributed by atoms with Crippen molar-refractivity contribution in [3.8, 4) is 5.75 Å². The lowest BCUT2D eigenvalue weighted by Gasteiger charge is -2.30. The van der Waals surface area contributed by atoms with E-state index in [1.807, 2.05) is 35.4 Å². The maximum Gasteiger partial charge on any atom is 0.274 e. The van der Waals surface area contributed by atoms with Crippen LogP contribution in [0.1, 0.15) is 0 Å². The van der Waals surface area contributed by atoms with Crippen LogP contribution in [0.3, 0.4) is 0 Å². The molecule has 126 valence electrons. The molecule has 1 amide bonds. The van der Waals surface area contributed by atoms with Gasteiger partial charge in [0.05, 0.1) is 24.3 Å². The fourth-order valence-corrected chi connectivity index (χ4v) is 3.33. The minimum absolute atomic E-state index is 0.00118. The van der Waals surface area contributed by atoms with E-state index < -0.39 is 0 Å². The molecule has 3 rings (SSSR count). The largest absolute Gasteiger partial charge is 0.482 e. The summed E-state index contributed by atoms with van der Waals surface area (Å²) in [6, 6.07) is 11.3. The standard InChI is InChI=1S/C17H17BrClN3O2/c18-13-4-5-15(14(19)11-13)24-12-17(23)22-9-7-21(8-10-22)16-3-1-2-6-20-16/h1-6,11H,7-10,12H2/p+1. The number of carbonyl (C=O) groups excluding carboxylic acids is 1. The third-order valence-electron chi connectivity index (χ3n) is 3.91. The number of halogens is 2. The number of anilines is 1. The highest BCUT2D eigenvalue weighted by Gasteiger charge is 2.26. The number of carbonyl (C=O) groups is 1. The van der Waals surface area contributed by atoms with Crippen LogP contribution < -0.4 is 14.6 Å². The quantitative estimate of drug-likeness (QED) is 0.777. The third-order valence-corrected chi connectivity index (χ3v) is 4.70. The van der Waals surface area contributed by atoms with Crippen molar-refractivity contribution in [2.75, 3.05) is 37.7 Å². The first-order chi connectivity index (χ1) is 11.6. The Morgan fingerprint density at radius 2 is 2.00 bits per heavy atom. The number of benzene rings is 1. The summed E-state index contributed by atoms with van der Waals surface area (Å²) in [4.78, 5) is 19.6. The average molecular weight is 412 g/mol. The van der Waals surface area contributed by atoms with E-state index in [0.717, 1.165) is 23.4 Å². The second-order valence-electron chi connectivity index (χ2n) is 5.48. The molecule has 1 aliphatic heterocycles. The fourth-order valence-electron chi connectivity index (χ4n) is 2.60. The summed E-state index contributed by atoms with van der Waals surface area (Å²) in [7, 11) is 0. The van der Waals surface area contributed by atoms with Crippen molar-refractivity contribution in [2.24, 2.45) is 0 Å². The Bertz CT molecular complexity index is 706. The van der Waals surface area contributed by atoms with Crippen LogP contribution in [0.15, 0.2) is 47.1 Å². The topological polar surface area (TPSA) is 46.9 Å². The number of rotatable bonds is 4. The lowest BCUT2D eigenvalue weighted by molar-refractivity contribution is -0.364. The van der Waals surface area contributed by atoms with Crippen molar-refractivity contribution in [2.45, 2.75) is 0 Å². The van der Waals surface area contributed by atoms with Gasteiger partial charge in [-0.3, -0.25) is 9.69 Å². The number of amides is 1. The first-order valence-electron chi connectivity index (χ1n) is 7.71. The van der Waals surface area contributed by atoms with E-state index in [2.05, 4.69) is 25.8 Å². The Morgan fingerprint density at radius 1 is 1.21 bits per heavy atom. The molecule has 24 heavy (non-hydrogen) atoms. The molecular formula is C17H18BrClN3O2+. The van der Waals surface area contributed by atoms with Crippen molar-refractivity contribution in [1.82, 2.24) is 4.90 Å². The molecule has 5 nitrogen and oxygen atoms in total. The number of aromatic nitrogens is 1. The van der Waals surface area contributed by atoms with Crippen molar-refractivity contribution >= 4 is 39.3 Å². The summed E-state index contributed by atoms with van der Waals surface area (Å²) >= 11 is 9.44. The number of nitrogens with zero attached hydrogens (tertiary/aromatic N) is 2. The molecule has 0 spiro atoms. The molecule has 0 bridgehead atoms. The first kappa shape index (κ1) is 17.0. The van der Waals surface area contributed by atoms with E-state index >= 15 is 0 Å². The summed E-state index contributed by atoms with van der Waals surface area (Å²) in [6.45, 7) is 2.95. The van der Waals surface area contributed by atoms with Gasteiger partial charge in [-0.1, -0.05) is 33.6 Å². The molecule has 1 aromatic carbocycles. The van der Waals surface area contributed by atoms with Gasteiger partial charge in [0.2, 0.25) is 0 Å². The molecule has 0 atom stereocenters. The Hall–Kier alpha value is -1.79. The predicted molar refractivity (Wildman–Crippen MR) is 96.4 cm³/mol. The molecule has 2 aromatic rings. The van der Waals surface area contributed by atoms with Gasteiger partial charge >= 0.3 is 0 Å². The summed E-state index contributed by atoms with van der Waals surface area (Å²) in [6.07, 6.45) is 1.91. The summed E-state index contributed by atoms with van der Waals surface area (Å²) in [5.74, 6) is 1.57. The number of H-pyrrole nitrogens is 1. The molecule has 0 aliphatic carbocycles. The van der Waals surface area contributed by atoms with E-state index in [9.17, 15) is 4.79 Å². The van der Waals surface area contributed by atoms with E-state index in [1.54, 1.807) is 12.1 Å². The van der Waals surface area contributed by atoms with Crippen LogP contribution in [0.25, 0.3) is 0 Å². The number of hydrogen-bond donors (Lipinski definition) is 0. The zero-order valence-corrected chi connectivity index (χ0v) is 15.4. The summed E-state index contributed by atoms with van der Waals surface area (Å²) < 4.78 is 6.43. The average Bonchev–Trinajstić information content (AvgIpc) is 2.62. The van der Waals surface area contributed by atoms with Crippen LogP contribution in [-0.2, 0) is 4.79 Å². The lowest BCUT2D eigenvalue weighted by atomic mass is 10.3. The normalized spacial score (nSPS) is 14.6. The van der Waals surface area contributed by atoms with E-state index in [1.165, 1.54) is 0 Å². The Morgan fingerprint density at radius 3 is 2.67 bits per heavy atom. The number of ether oxygens (including phenoxy) is 1. The molecule has 1 fully saturated rings. The molecule has 0 unspecified atom stereocenters. The second kappa shape index (κ2) is 7.85. The van der Waals surface area contributed by atoms with Gasteiger partial charge < -0.3 is 9.64 Å². The molecule has 0 saturated carbocycles. The molecule has 2 heterocycles. The highest BCUT2D eigenvalue weighted by Crippen LogP contribution is 2.27. The Labute approximate surface area is 154 Å². The highest BCUT2D eigenvalue weighted by molar-refractivity contribution is 9.10. The minimum atomic E-state index is -0.0225.